The molecule has 0 aliphatic carbocycles. The summed E-state index contributed by atoms with van der Waals surface area (Å²) >= 11 is 0. The molecule has 0 spiro atoms. The van der Waals surface area contributed by atoms with Gasteiger partial charge in [0.25, 0.3) is 0 Å². The predicted octanol–water partition coefficient (Wildman–Crippen LogP) is 1.98. The molecule has 0 saturated heterocycles. The van der Waals surface area contributed by atoms with Gasteiger partial charge in [0.05, 0.1) is 24.4 Å². The van der Waals surface area contributed by atoms with Crippen molar-refractivity contribution in [3.05, 3.63) is 36.3 Å². The number of carbonyl (C=O) groups excluding carboxylic acids is 1. The molecular weight excluding hydrogens is 242 g/mol. The van der Waals surface area contributed by atoms with Gasteiger partial charge in [0.15, 0.2) is 0 Å². The van der Waals surface area contributed by atoms with Crippen molar-refractivity contribution < 1.29 is 9.53 Å². The van der Waals surface area contributed by atoms with E-state index < -0.39 is 0 Å². The predicted molar refractivity (Wildman–Crippen MR) is 71.4 cm³/mol. The number of rotatable bonds is 5. The summed E-state index contributed by atoms with van der Waals surface area (Å²) in [7, 11) is 1.89. The SMILES string of the molecule is CCOC(=O)CCc1cc(-c2ccncc2)n(C)n1. The van der Waals surface area contributed by atoms with Crippen LogP contribution in [0.5, 0.6) is 0 Å². The molecule has 0 aromatic carbocycles. The maximum atomic E-state index is 11.3. The zero-order valence-corrected chi connectivity index (χ0v) is 11.2. The van der Waals surface area contributed by atoms with Crippen LogP contribution in [0.1, 0.15) is 19.0 Å². The summed E-state index contributed by atoms with van der Waals surface area (Å²) in [6.07, 6.45) is 4.46. The number of aromatic nitrogens is 3. The van der Waals surface area contributed by atoms with Gasteiger partial charge in [0, 0.05) is 31.4 Å². The first-order chi connectivity index (χ1) is 9.20. The van der Waals surface area contributed by atoms with Crippen molar-refractivity contribution in [2.45, 2.75) is 19.8 Å². The minimum Gasteiger partial charge on any atom is -0.466 e. The Morgan fingerprint density at radius 3 is 2.79 bits per heavy atom. The Bertz CT molecular complexity index is 549. The molecule has 0 atom stereocenters. The fourth-order valence-electron chi connectivity index (χ4n) is 1.90. The summed E-state index contributed by atoms with van der Waals surface area (Å²) in [6, 6.07) is 5.87. The Hall–Kier alpha value is -2.17. The minimum absolute atomic E-state index is 0.182. The summed E-state index contributed by atoms with van der Waals surface area (Å²) < 4.78 is 6.72. The number of pyridine rings is 1. The second-order valence-corrected chi connectivity index (χ2v) is 4.19. The molecule has 0 radical (unpaired) electrons. The number of aryl methyl sites for hydroxylation is 2. The highest BCUT2D eigenvalue weighted by atomic mass is 16.5. The lowest BCUT2D eigenvalue weighted by Crippen LogP contribution is -2.05. The first-order valence-corrected chi connectivity index (χ1v) is 6.29. The molecule has 0 bridgehead atoms. The molecule has 0 saturated carbocycles. The molecule has 5 nitrogen and oxygen atoms in total. The Morgan fingerprint density at radius 2 is 2.11 bits per heavy atom. The van der Waals surface area contributed by atoms with E-state index in [9.17, 15) is 4.79 Å². The van der Waals surface area contributed by atoms with Gasteiger partial charge in [-0.1, -0.05) is 0 Å². The summed E-state index contributed by atoms with van der Waals surface area (Å²) in [6.45, 7) is 2.23. The standard InChI is InChI=1S/C14H17N3O2/c1-3-19-14(18)5-4-12-10-13(17(2)16-12)11-6-8-15-9-7-11/h6-10H,3-5H2,1-2H3. The molecule has 0 aliphatic heterocycles. The molecule has 100 valence electrons. The average molecular weight is 259 g/mol. The van der Waals surface area contributed by atoms with Crippen molar-refractivity contribution in [2.24, 2.45) is 7.05 Å². The Kier molecular flexibility index (Phi) is 4.28. The molecule has 2 heterocycles. The third-order valence-corrected chi connectivity index (χ3v) is 2.80. The first-order valence-electron chi connectivity index (χ1n) is 6.29. The molecule has 0 N–H and O–H groups in total. The largest absolute Gasteiger partial charge is 0.466 e. The fraction of sp³-hybridized carbons (Fsp3) is 0.357. The maximum Gasteiger partial charge on any atom is 0.306 e. The summed E-state index contributed by atoms with van der Waals surface area (Å²) in [5.74, 6) is -0.182. The van der Waals surface area contributed by atoms with E-state index in [0.717, 1.165) is 17.0 Å². The zero-order valence-electron chi connectivity index (χ0n) is 11.2. The quantitative estimate of drug-likeness (QED) is 0.770. The number of ether oxygens (including phenoxy) is 1. The second kappa shape index (κ2) is 6.13. The van der Waals surface area contributed by atoms with Crippen molar-refractivity contribution in [1.29, 1.82) is 0 Å². The first kappa shape index (κ1) is 13.3. The van der Waals surface area contributed by atoms with Gasteiger partial charge < -0.3 is 4.74 Å². The molecule has 19 heavy (non-hydrogen) atoms. The molecule has 0 fully saturated rings. The van der Waals surface area contributed by atoms with Crippen LogP contribution in [0.15, 0.2) is 30.6 Å². The van der Waals surface area contributed by atoms with E-state index >= 15 is 0 Å². The maximum absolute atomic E-state index is 11.3. The van der Waals surface area contributed by atoms with Gasteiger partial charge in [-0.15, -0.1) is 0 Å². The van der Waals surface area contributed by atoms with Crippen LogP contribution in [-0.2, 0) is 23.0 Å². The number of esters is 1. The third kappa shape index (κ3) is 3.40. The van der Waals surface area contributed by atoms with E-state index in [4.69, 9.17) is 4.74 Å². The molecule has 5 heteroatoms. The average Bonchev–Trinajstić information content (AvgIpc) is 2.79. The van der Waals surface area contributed by atoms with Crippen LogP contribution in [0, 0.1) is 0 Å². The van der Waals surface area contributed by atoms with Gasteiger partial charge in [0.1, 0.15) is 0 Å². The van der Waals surface area contributed by atoms with Gasteiger partial charge in [-0.3, -0.25) is 14.5 Å². The van der Waals surface area contributed by atoms with E-state index in [1.807, 2.05) is 29.9 Å². The van der Waals surface area contributed by atoms with Gasteiger partial charge >= 0.3 is 5.97 Å². The Morgan fingerprint density at radius 1 is 1.37 bits per heavy atom. The monoisotopic (exact) mass is 259 g/mol. The highest BCUT2D eigenvalue weighted by Gasteiger charge is 2.09. The molecule has 2 aromatic rings. The molecule has 2 aromatic heterocycles. The smallest absolute Gasteiger partial charge is 0.306 e. The summed E-state index contributed by atoms with van der Waals surface area (Å²) in [5.41, 5.74) is 2.97. The van der Waals surface area contributed by atoms with Crippen LogP contribution < -0.4 is 0 Å². The van der Waals surface area contributed by atoms with Gasteiger partial charge in [-0.2, -0.15) is 5.10 Å². The highest BCUT2D eigenvalue weighted by molar-refractivity contribution is 5.69. The van der Waals surface area contributed by atoms with E-state index in [0.29, 0.717) is 19.4 Å². The minimum atomic E-state index is -0.182. The van der Waals surface area contributed by atoms with E-state index in [2.05, 4.69) is 10.1 Å². The van der Waals surface area contributed by atoms with Gasteiger partial charge in [-0.05, 0) is 25.1 Å². The summed E-state index contributed by atoms with van der Waals surface area (Å²) in [4.78, 5) is 15.3. The van der Waals surface area contributed by atoms with Crippen molar-refractivity contribution in [2.75, 3.05) is 6.61 Å². The lowest BCUT2D eigenvalue weighted by molar-refractivity contribution is -0.143. The van der Waals surface area contributed by atoms with Crippen LogP contribution in [0.2, 0.25) is 0 Å². The van der Waals surface area contributed by atoms with Crippen LogP contribution >= 0.6 is 0 Å². The lowest BCUT2D eigenvalue weighted by Gasteiger charge is -1.99. The third-order valence-electron chi connectivity index (χ3n) is 2.80. The summed E-state index contributed by atoms with van der Waals surface area (Å²) in [5, 5.41) is 4.41. The number of hydrogen-bond donors (Lipinski definition) is 0. The number of nitrogens with zero attached hydrogens (tertiary/aromatic N) is 3. The zero-order chi connectivity index (χ0) is 13.7. The molecular formula is C14H17N3O2. The van der Waals surface area contributed by atoms with Crippen molar-refractivity contribution in [3.63, 3.8) is 0 Å². The second-order valence-electron chi connectivity index (χ2n) is 4.19. The molecule has 0 unspecified atom stereocenters. The van der Waals surface area contributed by atoms with E-state index in [1.54, 1.807) is 19.3 Å². The lowest BCUT2D eigenvalue weighted by atomic mass is 10.1. The van der Waals surface area contributed by atoms with E-state index in [1.165, 1.54) is 0 Å². The van der Waals surface area contributed by atoms with E-state index in [-0.39, 0.29) is 5.97 Å². The van der Waals surface area contributed by atoms with Crippen molar-refractivity contribution in [1.82, 2.24) is 14.8 Å². The normalized spacial score (nSPS) is 10.4. The molecule has 0 amide bonds. The van der Waals surface area contributed by atoms with Crippen LogP contribution in [0.25, 0.3) is 11.3 Å². The topological polar surface area (TPSA) is 57.0 Å². The fourth-order valence-corrected chi connectivity index (χ4v) is 1.90. The molecule has 0 aliphatic rings. The Labute approximate surface area is 112 Å². The highest BCUT2D eigenvalue weighted by Crippen LogP contribution is 2.19. The number of carbonyl (C=O) groups is 1. The molecule has 2 rings (SSSR count). The van der Waals surface area contributed by atoms with Crippen LogP contribution in [0.3, 0.4) is 0 Å². The van der Waals surface area contributed by atoms with Gasteiger partial charge in [0.2, 0.25) is 0 Å². The van der Waals surface area contributed by atoms with Crippen molar-refractivity contribution >= 4 is 5.97 Å². The van der Waals surface area contributed by atoms with Crippen LogP contribution in [0.4, 0.5) is 0 Å². The number of hydrogen-bond acceptors (Lipinski definition) is 4. The van der Waals surface area contributed by atoms with Gasteiger partial charge in [-0.25, -0.2) is 0 Å². The van der Waals surface area contributed by atoms with Crippen LogP contribution in [-0.4, -0.2) is 27.3 Å². The van der Waals surface area contributed by atoms with Crippen molar-refractivity contribution in [3.8, 4) is 11.3 Å². The Balaban J connectivity index is 2.07.